The largest absolute Gasteiger partial charge is 0.459 e. The van der Waals surface area contributed by atoms with Crippen LogP contribution >= 0.6 is 0 Å². The first-order valence-corrected chi connectivity index (χ1v) is 10.7. The summed E-state index contributed by atoms with van der Waals surface area (Å²) in [6, 6.07) is 21.9. The summed E-state index contributed by atoms with van der Waals surface area (Å²) in [7, 11) is 0. The van der Waals surface area contributed by atoms with Gasteiger partial charge >= 0.3 is 0 Å². The number of furan rings is 1. The summed E-state index contributed by atoms with van der Waals surface area (Å²) in [5.74, 6) is 0.756. The first-order valence-electron chi connectivity index (χ1n) is 10.7. The molecule has 2 unspecified atom stereocenters. The van der Waals surface area contributed by atoms with Gasteiger partial charge in [0.25, 0.3) is 11.5 Å². The average Bonchev–Trinajstić information content (AvgIpc) is 3.34. The molecule has 5 heteroatoms. The summed E-state index contributed by atoms with van der Waals surface area (Å²) >= 11 is 0. The van der Waals surface area contributed by atoms with Crippen molar-refractivity contribution in [1.82, 2.24) is 9.47 Å². The van der Waals surface area contributed by atoms with Crippen molar-refractivity contribution in [3.8, 4) is 11.1 Å². The van der Waals surface area contributed by atoms with E-state index in [0.717, 1.165) is 28.6 Å². The number of rotatable bonds is 2. The fourth-order valence-electron chi connectivity index (χ4n) is 5.24. The Morgan fingerprint density at radius 2 is 1.77 bits per heavy atom. The Bertz CT molecular complexity index is 1350. The number of hydrogen-bond acceptors (Lipinski definition) is 3. The lowest BCUT2D eigenvalue weighted by Crippen LogP contribution is -2.49. The molecule has 0 saturated carbocycles. The van der Waals surface area contributed by atoms with Gasteiger partial charge in [-0.15, -0.1) is 0 Å². The zero-order valence-electron chi connectivity index (χ0n) is 17.0. The smallest absolute Gasteiger partial charge is 0.289 e. The quantitative estimate of drug-likeness (QED) is 0.488. The number of amides is 1. The minimum atomic E-state index is -0.0664. The van der Waals surface area contributed by atoms with Gasteiger partial charge in [0, 0.05) is 36.8 Å². The van der Waals surface area contributed by atoms with Gasteiger partial charge in [0.05, 0.1) is 6.26 Å². The number of pyridine rings is 1. The van der Waals surface area contributed by atoms with Crippen LogP contribution in [0.3, 0.4) is 0 Å². The van der Waals surface area contributed by atoms with Crippen LogP contribution in [0.5, 0.6) is 0 Å². The molecule has 2 bridgehead atoms. The first kappa shape index (κ1) is 18.2. The van der Waals surface area contributed by atoms with Crippen LogP contribution in [0.2, 0.25) is 0 Å². The molecule has 2 atom stereocenters. The van der Waals surface area contributed by atoms with E-state index >= 15 is 0 Å². The summed E-state index contributed by atoms with van der Waals surface area (Å²) < 4.78 is 7.25. The Kier molecular flexibility index (Phi) is 4.10. The van der Waals surface area contributed by atoms with Crippen LogP contribution in [-0.4, -0.2) is 28.5 Å². The molecule has 6 rings (SSSR count). The molecule has 4 aromatic rings. The molecule has 0 aliphatic carbocycles. The van der Waals surface area contributed by atoms with Crippen molar-refractivity contribution >= 4 is 16.7 Å². The zero-order chi connectivity index (χ0) is 20.9. The zero-order valence-corrected chi connectivity index (χ0v) is 17.0. The molecule has 1 amide bonds. The van der Waals surface area contributed by atoms with Crippen molar-refractivity contribution < 1.29 is 9.21 Å². The van der Waals surface area contributed by atoms with E-state index in [-0.39, 0.29) is 23.3 Å². The number of carbonyl (C=O) groups excluding carboxylic acids is 1. The molecule has 2 aromatic heterocycles. The monoisotopic (exact) mass is 410 g/mol. The number of nitrogens with zero attached hydrogens (tertiary/aromatic N) is 2. The number of likely N-dealkylation sites (tertiary alicyclic amines) is 1. The molecule has 2 aromatic carbocycles. The summed E-state index contributed by atoms with van der Waals surface area (Å²) in [5.41, 5.74) is 2.78. The predicted molar refractivity (Wildman–Crippen MR) is 119 cm³/mol. The van der Waals surface area contributed by atoms with Crippen LogP contribution in [0.4, 0.5) is 0 Å². The topological polar surface area (TPSA) is 55.5 Å². The minimum Gasteiger partial charge on any atom is -0.459 e. The number of carbonyl (C=O) groups is 1. The van der Waals surface area contributed by atoms with Gasteiger partial charge in [0.2, 0.25) is 0 Å². The van der Waals surface area contributed by atoms with Crippen LogP contribution in [0, 0.1) is 5.92 Å². The summed E-state index contributed by atoms with van der Waals surface area (Å²) in [6.07, 6.45) is 2.54. The van der Waals surface area contributed by atoms with Crippen LogP contribution in [0.15, 0.2) is 82.2 Å². The number of hydrogen-bond donors (Lipinski definition) is 0. The van der Waals surface area contributed by atoms with Gasteiger partial charge in [-0.1, -0.05) is 36.4 Å². The molecule has 0 N–H and O–H groups in total. The second-order valence-corrected chi connectivity index (χ2v) is 8.64. The predicted octanol–water partition coefficient (Wildman–Crippen LogP) is 4.52. The molecule has 4 heterocycles. The maximum atomic E-state index is 13.5. The van der Waals surface area contributed by atoms with Crippen LogP contribution < -0.4 is 5.56 Å². The van der Waals surface area contributed by atoms with E-state index in [4.69, 9.17) is 4.42 Å². The molecular weight excluding hydrogens is 388 g/mol. The summed E-state index contributed by atoms with van der Waals surface area (Å²) in [6.45, 7) is 1.92. The highest BCUT2D eigenvalue weighted by Crippen LogP contribution is 2.36. The van der Waals surface area contributed by atoms with E-state index in [2.05, 4.69) is 30.3 Å². The SMILES string of the molecule is O=C(c1ccco1)N1CC2CC(C1)c1ccc(-c3ccc4ccccc4c3)c(=O)n1C2. The van der Waals surface area contributed by atoms with E-state index in [1.54, 1.807) is 12.1 Å². The molecule has 1 fully saturated rings. The summed E-state index contributed by atoms with van der Waals surface area (Å²) in [4.78, 5) is 28.1. The summed E-state index contributed by atoms with van der Waals surface area (Å²) in [5, 5.41) is 2.30. The Morgan fingerprint density at radius 1 is 0.903 bits per heavy atom. The van der Waals surface area contributed by atoms with Crippen molar-refractivity contribution in [2.75, 3.05) is 13.1 Å². The molecule has 2 aliphatic heterocycles. The molecule has 31 heavy (non-hydrogen) atoms. The third-order valence-corrected chi connectivity index (χ3v) is 6.68. The second kappa shape index (κ2) is 6.98. The minimum absolute atomic E-state index is 0.0632. The van der Waals surface area contributed by atoms with Crippen LogP contribution in [0.1, 0.15) is 28.6 Å². The van der Waals surface area contributed by atoms with E-state index in [9.17, 15) is 9.59 Å². The van der Waals surface area contributed by atoms with Crippen LogP contribution in [0.25, 0.3) is 21.9 Å². The van der Waals surface area contributed by atoms with Crippen molar-refractivity contribution in [3.05, 3.63) is 94.8 Å². The molecular formula is C26H22N2O3. The first-order chi connectivity index (χ1) is 15.2. The number of fused-ring (bicyclic) bond motifs is 5. The van der Waals surface area contributed by atoms with Gasteiger partial charge in [-0.3, -0.25) is 9.59 Å². The lowest BCUT2D eigenvalue weighted by atomic mass is 9.82. The number of aromatic nitrogens is 1. The van der Waals surface area contributed by atoms with E-state index < -0.39 is 0 Å². The Balaban J connectivity index is 1.35. The fraction of sp³-hybridized carbons (Fsp3) is 0.231. The normalized spacial score (nSPS) is 19.9. The molecule has 154 valence electrons. The highest BCUT2D eigenvalue weighted by atomic mass is 16.3. The molecule has 0 radical (unpaired) electrons. The second-order valence-electron chi connectivity index (χ2n) is 8.64. The lowest BCUT2D eigenvalue weighted by Gasteiger charge is -2.42. The Morgan fingerprint density at radius 3 is 2.61 bits per heavy atom. The molecule has 2 aliphatic rings. The standard InChI is InChI=1S/C26H22N2O3/c29-25-22(20-8-7-18-4-1-2-5-19(18)13-20)9-10-23-21-12-17(15-28(23)25)14-27(16-21)26(30)24-6-3-11-31-24/h1-11,13,17,21H,12,14-16H2. The van der Waals surface area contributed by atoms with E-state index in [1.165, 1.54) is 11.6 Å². The highest BCUT2D eigenvalue weighted by Gasteiger charge is 2.37. The highest BCUT2D eigenvalue weighted by molar-refractivity contribution is 5.91. The lowest BCUT2D eigenvalue weighted by molar-refractivity contribution is 0.0564. The van der Waals surface area contributed by atoms with Gasteiger partial charge in [-0.25, -0.2) is 0 Å². The third kappa shape index (κ3) is 3.00. The maximum absolute atomic E-state index is 13.5. The van der Waals surface area contributed by atoms with E-state index in [1.807, 2.05) is 33.7 Å². The van der Waals surface area contributed by atoms with Gasteiger partial charge < -0.3 is 13.9 Å². The Labute approximate surface area is 179 Å². The van der Waals surface area contributed by atoms with Crippen molar-refractivity contribution in [2.45, 2.75) is 18.9 Å². The third-order valence-electron chi connectivity index (χ3n) is 6.68. The van der Waals surface area contributed by atoms with Gasteiger partial charge in [0.15, 0.2) is 5.76 Å². The van der Waals surface area contributed by atoms with E-state index in [0.29, 0.717) is 25.4 Å². The van der Waals surface area contributed by atoms with Crippen molar-refractivity contribution in [1.29, 1.82) is 0 Å². The molecule has 0 spiro atoms. The van der Waals surface area contributed by atoms with Gasteiger partial charge in [-0.2, -0.15) is 0 Å². The van der Waals surface area contributed by atoms with Crippen LogP contribution in [-0.2, 0) is 6.54 Å². The van der Waals surface area contributed by atoms with Gasteiger partial charge in [0.1, 0.15) is 0 Å². The van der Waals surface area contributed by atoms with Crippen molar-refractivity contribution in [2.24, 2.45) is 5.92 Å². The Hall–Kier alpha value is -3.60. The van der Waals surface area contributed by atoms with Gasteiger partial charge in [-0.05, 0) is 59.0 Å². The molecule has 1 saturated heterocycles. The molecule has 5 nitrogen and oxygen atoms in total. The average molecular weight is 410 g/mol. The number of piperidine rings is 1. The fourth-order valence-corrected chi connectivity index (χ4v) is 5.24. The van der Waals surface area contributed by atoms with Crippen molar-refractivity contribution in [3.63, 3.8) is 0 Å². The maximum Gasteiger partial charge on any atom is 0.289 e. The number of benzene rings is 2.